The Balaban J connectivity index is 2.95. The fourth-order valence-corrected chi connectivity index (χ4v) is 2.67. The van der Waals surface area contributed by atoms with Gasteiger partial charge in [-0.3, -0.25) is 0 Å². The third-order valence-electron chi connectivity index (χ3n) is 1.53. The summed E-state index contributed by atoms with van der Waals surface area (Å²) in [5.74, 6) is 0. The van der Waals surface area contributed by atoms with Gasteiger partial charge in [0.1, 0.15) is 5.52 Å². The van der Waals surface area contributed by atoms with E-state index >= 15 is 0 Å². The summed E-state index contributed by atoms with van der Waals surface area (Å²) < 4.78 is 0.733. The van der Waals surface area contributed by atoms with Crippen LogP contribution in [0.1, 0.15) is 0 Å². The van der Waals surface area contributed by atoms with Gasteiger partial charge in [0.05, 0.1) is 19.8 Å². The normalized spacial score (nSPS) is 11.0. The molecule has 0 fully saturated rings. The number of nitrogens with two attached hydrogens (primary N) is 1. The molecule has 2 aromatic rings. The van der Waals surface area contributed by atoms with E-state index in [0.29, 0.717) is 25.7 Å². The number of nitrogen functional groups attached to an aromatic ring is 1. The van der Waals surface area contributed by atoms with Crippen LogP contribution in [0.25, 0.3) is 10.2 Å². The summed E-state index contributed by atoms with van der Waals surface area (Å²) in [6.45, 7) is 0. The molecule has 0 spiro atoms. The molecular weight excluding hydrogens is 251 g/mol. The van der Waals surface area contributed by atoms with Crippen molar-refractivity contribution in [1.82, 2.24) is 4.98 Å². The molecule has 0 aliphatic carbocycles. The highest BCUT2D eigenvalue weighted by atomic mass is 35.5. The maximum absolute atomic E-state index is 5.94. The maximum atomic E-state index is 5.94. The predicted octanol–water partition coefficient (Wildman–Crippen LogP) is 3.84. The molecule has 0 aliphatic rings. The lowest BCUT2D eigenvalue weighted by molar-refractivity contribution is 1.50. The molecule has 0 aliphatic heterocycles. The minimum Gasteiger partial charge on any atom is -0.375 e. The average Bonchev–Trinajstić information content (AvgIpc) is 2.44. The number of benzene rings is 1. The molecule has 1 heterocycles. The molecule has 13 heavy (non-hydrogen) atoms. The number of hydrogen-bond donors (Lipinski definition) is 1. The summed E-state index contributed by atoms with van der Waals surface area (Å²) >= 11 is 18.9. The quantitative estimate of drug-likeness (QED) is 0.725. The Morgan fingerprint density at radius 1 is 1.23 bits per heavy atom. The SMILES string of the molecule is Nc1nc2c(Cl)cc(Cl)c(Cl)c2s1. The van der Waals surface area contributed by atoms with Gasteiger partial charge in [0.15, 0.2) is 5.13 Å². The fraction of sp³-hybridized carbons (Fsp3) is 0. The highest BCUT2D eigenvalue weighted by molar-refractivity contribution is 7.22. The third-order valence-corrected chi connectivity index (χ3v) is 3.62. The fourth-order valence-electron chi connectivity index (χ4n) is 0.999. The molecule has 6 heteroatoms. The number of thiazole rings is 1. The maximum Gasteiger partial charge on any atom is 0.181 e. The van der Waals surface area contributed by atoms with E-state index in [4.69, 9.17) is 40.5 Å². The molecule has 0 atom stereocenters. The second kappa shape index (κ2) is 3.17. The van der Waals surface area contributed by atoms with Crippen molar-refractivity contribution in [2.75, 3.05) is 5.73 Å². The van der Waals surface area contributed by atoms with Crippen LogP contribution in [-0.4, -0.2) is 4.98 Å². The number of halogens is 3. The Kier molecular flexibility index (Phi) is 2.28. The molecule has 2 rings (SSSR count). The van der Waals surface area contributed by atoms with Crippen LogP contribution < -0.4 is 5.73 Å². The topological polar surface area (TPSA) is 38.9 Å². The van der Waals surface area contributed by atoms with E-state index in [1.807, 2.05) is 0 Å². The van der Waals surface area contributed by atoms with E-state index in [9.17, 15) is 0 Å². The van der Waals surface area contributed by atoms with Gasteiger partial charge in [-0.25, -0.2) is 4.98 Å². The highest BCUT2D eigenvalue weighted by Gasteiger charge is 2.12. The number of nitrogens with zero attached hydrogens (tertiary/aromatic N) is 1. The van der Waals surface area contributed by atoms with Crippen molar-refractivity contribution >= 4 is 61.5 Å². The number of aromatic nitrogens is 1. The van der Waals surface area contributed by atoms with Crippen LogP contribution in [0.3, 0.4) is 0 Å². The van der Waals surface area contributed by atoms with Gasteiger partial charge in [-0.05, 0) is 6.07 Å². The Morgan fingerprint density at radius 2 is 1.92 bits per heavy atom. The molecule has 0 unspecified atom stereocenters. The largest absolute Gasteiger partial charge is 0.375 e. The summed E-state index contributed by atoms with van der Waals surface area (Å²) in [5.41, 5.74) is 6.14. The lowest BCUT2D eigenvalue weighted by atomic mass is 10.3. The van der Waals surface area contributed by atoms with Gasteiger partial charge in [0, 0.05) is 0 Å². The number of hydrogen-bond acceptors (Lipinski definition) is 3. The van der Waals surface area contributed by atoms with E-state index in [1.165, 1.54) is 11.3 Å². The number of anilines is 1. The lowest BCUT2D eigenvalue weighted by Crippen LogP contribution is -1.79. The van der Waals surface area contributed by atoms with E-state index in [-0.39, 0.29) is 0 Å². The highest BCUT2D eigenvalue weighted by Crippen LogP contribution is 2.39. The van der Waals surface area contributed by atoms with Crippen LogP contribution in [-0.2, 0) is 0 Å². The zero-order valence-electron chi connectivity index (χ0n) is 6.14. The van der Waals surface area contributed by atoms with Crippen LogP contribution in [0.4, 0.5) is 5.13 Å². The molecule has 2 N–H and O–H groups in total. The van der Waals surface area contributed by atoms with Crippen molar-refractivity contribution in [2.24, 2.45) is 0 Å². The van der Waals surface area contributed by atoms with Crippen LogP contribution >= 0.6 is 46.1 Å². The van der Waals surface area contributed by atoms with Crippen molar-refractivity contribution in [3.8, 4) is 0 Å². The molecule has 0 radical (unpaired) electrons. The first-order chi connectivity index (χ1) is 6.09. The van der Waals surface area contributed by atoms with Gasteiger partial charge in [0.25, 0.3) is 0 Å². The molecule has 1 aromatic carbocycles. The molecule has 0 amide bonds. The minimum absolute atomic E-state index is 0.419. The molecular formula is C7H3Cl3N2S. The number of fused-ring (bicyclic) bond motifs is 1. The second-order valence-corrected chi connectivity index (χ2v) is 4.61. The van der Waals surface area contributed by atoms with Gasteiger partial charge >= 0.3 is 0 Å². The molecule has 0 bridgehead atoms. The second-order valence-electron chi connectivity index (χ2n) is 2.38. The van der Waals surface area contributed by atoms with Crippen molar-refractivity contribution < 1.29 is 0 Å². The van der Waals surface area contributed by atoms with Crippen LogP contribution in [0.2, 0.25) is 15.1 Å². The molecule has 0 saturated heterocycles. The van der Waals surface area contributed by atoms with Crippen LogP contribution in [0.15, 0.2) is 6.07 Å². The van der Waals surface area contributed by atoms with Gasteiger partial charge < -0.3 is 5.73 Å². The van der Waals surface area contributed by atoms with E-state index in [2.05, 4.69) is 4.98 Å². The van der Waals surface area contributed by atoms with E-state index in [1.54, 1.807) is 6.07 Å². The summed E-state index contributed by atoms with van der Waals surface area (Å²) in [4.78, 5) is 4.04. The molecule has 2 nitrogen and oxygen atoms in total. The first kappa shape index (κ1) is 9.34. The van der Waals surface area contributed by atoms with E-state index < -0.39 is 0 Å². The van der Waals surface area contributed by atoms with Crippen LogP contribution in [0, 0.1) is 0 Å². The Hall–Kier alpha value is -0.220. The standard InChI is InChI=1S/C7H3Cl3N2S/c8-2-1-3(9)5-6(4(2)10)13-7(11)12-5/h1H,(H2,11,12). The summed E-state index contributed by atoms with van der Waals surface area (Å²) in [7, 11) is 0. The Bertz CT molecular complexity index is 480. The third kappa shape index (κ3) is 1.46. The summed E-state index contributed by atoms with van der Waals surface area (Å²) in [6.07, 6.45) is 0. The monoisotopic (exact) mass is 252 g/mol. The Labute approximate surface area is 93.2 Å². The number of rotatable bonds is 0. The zero-order chi connectivity index (χ0) is 9.59. The zero-order valence-corrected chi connectivity index (χ0v) is 9.23. The minimum atomic E-state index is 0.419. The Morgan fingerprint density at radius 3 is 2.62 bits per heavy atom. The van der Waals surface area contributed by atoms with Gasteiger partial charge in [-0.1, -0.05) is 46.1 Å². The lowest BCUT2D eigenvalue weighted by Gasteiger charge is -1.97. The average molecular weight is 254 g/mol. The van der Waals surface area contributed by atoms with Crippen molar-refractivity contribution in [2.45, 2.75) is 0 Å². The van der Waals surface area contributed by atoms with Gasteiger partial charge in [-0.2, -0.15) is 0 Å². The van der Waals surface area contributed by atoms with E-state index in [0.717, 1.165) is 4.70 Å². The van der Waals surface area contributed by atoms with Gasteiger partial charge in [-0.15, -0.1) is 0 Å². The first-order valence-corrected chi connectivity index (χ1v) is 5.24. The molecule has 0 saturated carbocycles. The van der Waals surface area contributed by atoms with Crippen LogP contribution in [0.5, 0.6) is 0 Å². The molecule has 1 aromatic heterocycles. The first-order valence-electron chi connectivity index (χ1n) is 3.29. The van der Waals surface area contributed by atoms with Crippen molar-refractivity contribution in [3.63, 3.8) is 0 Å². The molecule has 68 valence electrons. The van der Waals surface area contributed by atoms with Crippen molar-refractivity contribution in [3.05, 3.63) is 21.1 Å². The summed E-state index contributed by atoms with van der Waals surface area (Å²) in [6, 6.07) is 1.56. The summed E-state index contributed by atoms with van der Waals surface area (Å²) in [5, 5.41) is 1.77. The van der Waals surface area contributed by atoms with Crippen molar-refractivity contribution in [1.29, 1.82) is 0 Å². The smallest absolute Gasteiger partial charge is 0.181 e. The van der Waals surface area contributed by atoms with Gasteiger partial charge in [0.2, 0.25) is 0 Å². The predicted molar refractivity (Wildman–Crippen MR) is 59.1 cm³/mol.